The van der Waals surface area contributed by atoms with Gasteiger partial charge in [0.2, 0.25) is 0 Å². The van der Waals surface area contributed by atoms with Crippen LogP contribution < -0.4 is 10.1 Å². The maximum atomic E-state index is 15.6. The molecule has 6 heteroatoms. The number of ether oxygens (including phenoxy) is 1. The summed E-state index contributed by atoms with van der Waals surface area (Å²) in [4.78, 5) is 25.8. The minimum absolute atomic E-state index is 0.0593. The first-order valence-electron chi connectivity index (χ1n) is 9.75. The Morgan fingerprint density at radius 3 is 2.12 bits per heavy atom. The Balaban J connectivity index is 1.76. The van der Waals surface area contributed by atoms with Gasteiger partial charge in [0.05, 0.1) is 11.1 Å². The highest BCUT2D eigenvalue weighted by atomic mass is 35.5. The predicted molar refractivity (Wildman–Crippen MR) is 122 cm³/mol. The first-order valence-corrected chi connectivity index (χ1v) is 10.1. The summed E-state index contributed by atoms with van der Waals surface area (Å²) in [6, 6.07) is 26.1. The minimum Gasteiger partial charge on any atom is -0.453 e. The van der Waals surface area contributed by atoms with Gasteiger partial charge in [0.25, 0.3) is 5.91 Å². The summed E-state index contributed by atoms with van der Waals surface area (Å²) in [5.41, 5.74) is 0.517. The molecule has 158 valence electrons. The van der Waals surface area contributed by atoms with E-state index in [1.54, 1.807) is 84.9 Å². The summed E-state index contributed by atoms with van der Waals surface area (Å²) in [6.45, 7) is 0. The van der Waals surface area contributed by atoms with E-state index in [1.807, 2.05) is 0 Å². The molecule has 0 bridgehead atoms. The van der Waals surface area contributed by atoms with Crippen LogP contribution >= 0.6 is 11.6 Å². The van der Waals surface area contributed by atoms with E-state index >= 15 is 4.39 Å². The lowest BCUT2D eigenvalue weighted by molar-refractivity contribution is 0.101. The summed E-state index contributed by atoms with van der Waals surface area (Å²) in [6.07, 6.45) is 0. The van der Waals surface area contributed by atoms with Gasteiger partial charge in [-0.3, -0.25) is 9.59 Å². The van der Waals surface area contributed by atoms with Crippen LogP contribution in [0.4, 0.5) is 10.1 Å². The molecule has 0 aromatic heterocycles. The van der Waals surface area contributed by atoms with Crippen molar-refractivity contribution in [2.45, 2.75) is 0 Å². The van der Waals surface area contributed by atoms with Crippen molar-refractivity contribution in [1.82, 2.24) is 0 Å². The molecule has 0 saturated carbocycles. The largest absolute Gasteiger partial charge is 0.453 e. The zero-order valence-corrected chi connectivity index (χ0v) is 17.5. The number of hydrogen-bond donors (Lipinski definition) is 1. The standard InChI is InChI=1S/C26H17ClFNO3/c27-18-10-7-11-19(16-18)29-26(31)22-15-14-21(24(30)17-8-3-1-4-9-17)23(28)25(22)32-20-12-5-2-6-13-20/h1-16H,(H,29,31). The van der Waals surface area contributed by atoms with E-state index in [2.05, 4.69) is 5.32 Å². The molecule has 1 N–H and O–H groups in total. The van der Waals surface area contributed by atoms with Crippen LogP contribution in [0.15, 0.2) is 97.1 Å². The third kappa shape index (κ3) is 4.68. The van der Waals surface area contributed by atoms with E-state index in [0.29, 0.717) is 22.0 Å². The van der Waals surface area contributed by atoms with Gasteiger partial charge in [-0.25, -0.2) is 4.39 Å². The van der Waals surface area contributed by atoms with E-state index in [1.165, 1.54) is 12.1 Å². The molecular weight excluding hydrogens is 429 g/mol. The summed E-state index contributed by atoms with van der Waals surface area (Å²) < 4.78 is 21.3. The lowest BCUT2D eigenvalue weighted by atomic mass is 10.00. The molecule has 32 heavy (non-hydrogen) atoms. The fourth-order valence-electron chi connectivity index (χ4n) is 3.13. The zero-order chi connectivity index (χ0) is 22.5. The number of amides is 1. The molecule has 4 nitrogen and oxygen atoms in total. The van der Waals surface area contributed by atoms with Gasteiger partial charge in [-0.1, -0.05) is 66.2 Å². The molecule has 0 fully saturated rings. The molecule has 1 amide bonds. The van der Waals surface area contributed by atoms with Crippen LogP contribution in [0.1, 0.15) is 26.3 Å². The smallest absolute Gasteiger partial charge is 0.259 e. The second kappa shape index (κ2) is 9.45. The fraction of sp³-hybridized carbons (Fsp3) is 0. The van der Waals surface area contributed by atoms with Gasteiger partial charge in [0, 0.05) is 16.3 Å². The molecule has 4 aromatic rings. The van der Waals surface area contributed by atoms with Crippen molar-refractivity contribution in [1.29, 1.82) is 0 Å². The normalized spacial score (nSPS) is 10.4. The quantitative estimate of drug-likeness (QED) is 0.334. The Bertz CT molecular complexity index is 1280. The Labute approximate surface area is 189 Å². The number of anilines is 1. The number of para-hydroxylation sites is 1. The second-order valence-corrected chi connectivity index (χ2v) is 7.31. The maximum Gasteiger partial charge on any atom is 0.259 e. The molecule has 0 aliphatic carbocycles. The number of benzene rings is 4. The number of rotatable bonds is 6. The highest BCUT2D eigenvalue weighted by Gasteiger charge is 2.24. The Morgan fingerprint density at radius 1 is 0.781 bits per heavy atom. The number of hydrogen-bond acceptors (Lipinski definition) is 3. The number of carbonyl (C=O) groups is 2. The van der Waals surface area contributed by atoms with Gasteiger partial charge in [0.1, 0.15) is 5.75 Å². The Kier molecular flexibility index (Phi) is 6.29. The van der Waals surface area contributed by atoms with Crippen LogP contribution in [0, 0.1) is 5.82 Å². The van der Waals surface area contributed by atoms with Gasteiger partial charge in [0.15, 0.2) is 17.3 Å². The highest BCUT2D eigenvalue weighted by Crippen LogP contribution is 2.32. The number of halogens is 2. The summed E-state index contributed by atoms with van der Waals surface area (Å²) in [5.74, 6) is -2.04. The predicted octanol–water partition coefficient (Wildman–Crippen LogP) is 6.75. The summed E-state index contributed by atoms with van der Waals surface area (Å²) >= 11 is 5.98. The van der Waals surface area contributed by atoms with Gasteiger partial charge in [-0.15, -0.1) is 0 Å². The third-order valence-corrected chi connectivity index (χ3v) is 4.90. The lowest BCUT2D eigenvalue weighted by Crippen LogP contribution is -2.15. The van der Waals surface area contributed by atoms with E-state index in [0.717, 1.165) is 0 Å². The van der Waals surface area contributed by atoms with Gasteiger partial charge in [-0.05, 0) is 42.5 Å². The van der Waals surface area contributed by atoms with Crippen molar-refractivity contribution in [2.75, 3.05) is 5.32 Å². The van der Waals surface area contributed by atoms with Gasteiger partial charge < -0.3 is 10.1 Å². The van der Waals surface area contributed by atoms with Crippen molar-refractivity contribution >= 4 is 29.0 Å². The van der Waals surface area contributed by atoms with Crippen molar-refractivity contribution in [3.05, 3.63) is 125 Å². The number of ketones is 1. The van der Waals surface area contributed by atoms with Crippen LogP contribution in [0.25, 0.3) is 0 Å². The average molecular weight is 446 g/mol. The molecule has 0 saturated heterocycles. The van der Waals surface area contributed by atoms with Crippen LogP contribution in [0.3, 0.4) is 0 Å². The molecule has 0 atom stereocenters. The highest BCUT2D eigenvalue weighted by molar-refractivity contribution is 6.31. The van der Waals surface area contributed by atoms with Crippen LogP contribution in [0.2, 0.25) is 5.02 Å². The van der Waals surface area contributed by atoms with Gasteiger partial charge >= 0.3 is 0 Å². The second-order valence-electron chi connectivity index (χ2n) is 6.88. The SMILES string of the molecule is O=C(c1ccccc1)c1ccc(C(=O)Nc2cccc(Cl)c2)c(Oc2ccccc2)c1F. The van der Waals surface area contributed by atoms with Crippen LogP contribution in [-0.2, 0) is 0 Å². The first-order chi connectivity index (χ1) is 15.5. The number of carbonyl (C=O) groups excluding carboxylic acids is 2. The molecular formula is C26H17ClFNO3. The summed E-state index contributed by atoms with van der Waals surface area (Å²) in [7, 11) is 0. The Hall–Kier alpha value is -3.96. The summed E-state index contributed by atoms with van der Waals surface area (Å²) in [5, 5.41) is 3.12. The van der Waals surface area contributed by atoms with Crippen molar-refractivity contribution in [3.8, 4) is 11.5 Å². The van der Waals surface area contributed by atoms with E-state index < -0.39 is 17.5 Å². The van der Waals surface area contributed by atoms with Crippen LogP contribution in [-0.4, -0.2) is 11.7 Å². The molecule has 0 spiro atoms. The van der Waals surface area contributed by atoms with Crippen molar-refractivity contribution in [3.63, 3.8) is 0 Å². The monoisotopic (exact) mass is 445 g/mol. The minimum atomic E-state index is -0.915. The lowest BCUT2D eigenvalue weighted by Gasteiger charge is -2.15. The topological polar surface area (TPSA) is 55.4 Å². The third-order valence-electron chi connectivity index (χ3n) is 4.67. The molecule has 0 aliphatic heterocycles. The van der Waals surface area contributed by atoms with Crippen molar-refractivity contribution < 1.29 is 18.7 Å². The van der Waals surface area contributed by atoms with Crippen LogP contribution in [0.5, 0.6) is 11.5 Å². The number of nitrogens with one attached hydrogen (secondary N) is 1. The van der Waals surface area contributed by atoms with E-state index in [-0.39, 0.29) is 16.9 Å². The fourth-order valence-corrected chi connectivity index (χ4v) is 3.32. The zero-order valence-electron chi connectivity index (χ0n) is 16.7. The molecule has 0 aliphatic rings. The average Bonchev–Trinajstić information content (AvgIpc) is 2.81. The van der Waals surface area contributed by atoms with E-state index in [9.17, 15) is 9.59 Å². The van der Waals surface area contributed by atoms with Gasteiger partial charge in [-0.2, -0.15) is 0 Å². The maximum absolute atomic E-state index is 15.6. The first kappa shape index (κ1) is 21.3. The molecule has 4 aromatic carbocycles. The molecule has 0 unspecified atom stereocenters. The molecule has 0 radical (unpaired) electrons. The van der Waals surface area contributed by atoms with Crippen molar-refractivity contribution in [2.24, 2.45) is 0 Å². The van der Waals surface area contributed by atoms with E-state index in [4.69, 9.17) is 16.3 Å². The molecule has 4 rings (SSSR count). The molecule has 0 heterocycles. The Morgan fingerprint density at radius 2 is 1.44 bits per heavy atom.